The molecule has 0 aliphatic rings. The zero-order valence-corrected chi connectivity index (χ0v) is 21.6. The van der Waals surface area contributed by atoms with E-state index in [9.17, 15) is 10.1 Å². The molecule has 4 rings (SSSR count). The van der Waals surface area contributed by atoms with Gasteiger partial charge in [0.15, 0.2) is 0 Å². The fourth-order valence-electron chi connectivity index (χ4n) is 3.83. The number of anilines is 1. The van der Waals surface area contributed by atoms with Crippen LogP contribution >= 0.6 is 15.9 Å². The molecule has 0 saturated carbocycles. The number of carbonyl (C=O) groups excluding carboxylic acids is 1. The van der Waals surface area contributed by atoms with Crippen molar-refractivity contribution >= 4 is 44.4 Å². The maximum atomic E-state index is 12.6. The molecule has 0 bridgehead atoms. The first-order chi connectivity index (χ1) is 17.5. The number of amides is 1. The fourth-order valence-corrected chi connectivity index (χ4v) is 4.34. The summed E-state index contributed by atoms with van der Waals surface area (Å²) in [6.45, 7) is 4.97. The molecule has 1 amide bonds. The van der Waals surface area contributed by atoms with E-state index >= 15 is 0 Å². The lowest BCUT2D eigenvalue weighted by Crippen LogP contribution is -2.13. The van der Waals surface area contributed by atoms with Crippen molar-refractivity contribution in [2.75, 3.05) is 11.9 Å². The van der Waals surface area contributed by atoms with Gasteiger partial charge in [0, 0.05) is 11.3 Å². The summed E-state index contributed by atoms with van der Waals surface area (Å²) in [6, 6.07) is 26.9. The van der Waals surface area contributed by atoms with Crippen molar-refractivity contribution < 1.29 is 14.3 Å². The highest BCUT2D eigenvalue weighted by Gasteiger charge is 2.12. The smallest absolute Gasteiger partial charge is 0.266 e. The van der Waals surface area contributed by atoms with Crippen molar-refractivity contribution in [2.45, 2.75) is 20.5 Å². The minimum absolute atomic E-state index is 0.00386. The maximum Gasteiger partial charge on any atom is 0.266 e. The van der Waals surface area contributed by atoms with Crippen LogP contribution in [-0.2, 0) is 11.4 Å². The Morgan fingerprint density at radius 2 is 1.81 bits per heavy atom. The zero-order chi connectivity index (χ0) is 25.5. The monoisotopic (exact) mass is 540 g/mol. The summed E-state index contributed by atoms with van der Waals surface area (Å²) in [5.41, 5.74) is 3.59. The molecule has 0 aliphatic carbocycles. The van der Waals surface area contributed by atoms with Gasteiger partial charge in [-0.3, -0.25) is 4.79 Å². The maximum absolute atomic E-state index is 12.6. The summed E-state index contributed by atoms with van der Waals surface area (Å²) in [4.78, 5) is 12.6. The van der Waals surface area contributed by atoms with Gasteiger partial charge in [-0.25, -0.2) is 0 Å². The number of nitrogens with zero attached hydrogens (tertiary/aromatic N) is 1. The molecule has 4 aromatic rings. The quantitative estimate of drug-likeness (QED) is 0.186. The van der Waals surface area contributed by atoms with Crippen LogP contribution in [0.4, 0.5) is 5.69 Å². The molecule has 6 heteroatoms. The van der Waals surface area contributed by atoms with Gasteiger partial charge >= 0.3 is 0 Å². The van der Waals surface area contributed by atoms with Crippen LogP contribution in [0, 0.1) is 18.3 Å². The molecule has 0 heterocycles. The van der Waals surface area contributed by atoms with Crippen LogP contribution in [0.5, 0.6) is 11.5 Å². The Balaban J connectivity index is 1.47. The normalized spacial score (nSPS) is 11.1. The molecule has 4 aromatic carbocycles. The third-order valence-electron chi connectivity index (χ3n) is 5.70. The van der Waals surface area contributed by atoms with E-state index in [0.29, 0.717) is 36.0 Å². The molecule has 5 nitrogen and oxygen atoms in total. The Morgan fingerprint density at radius 3 is 2.53 bits per heavy atom. The summed E-state index contributed by atoms with van der Waals surface area (Å²) >= 11 is 3.56. The fraction of sp³-hybridized carbons (Fsp3) is 0.133. The number of aryl methyl sites for hydroxylation is 1. The van der Waals surface area contributed by atoms with Gasteiger partial charge in [0.2, 0.25) is 0 Å². The molecule has 0 fully saturated rings. The molecular formula is C30H25BrN2O3. The van der Waals surface area contributed by atoms with Gasteiger partial charge in [-0.2, -0.15) is 5.26 Å². The molecule has 180 valence electrons. The molecule has 1 N–H and O–H groups in total. The van der Waals surface area contributed by atoms with Crippen LogP contribution in [0.3, 0.4) is 0 Å². The largest absolute Gasteiger partial charge is 0.494 e. The van der Waals surface area contributed by atoms with E-state index in [1.165, 1.54) is 16.3 Å². The topological polar surface area (TPSA) is 71.3 Å². The van der Waals surface area contributed by atoms with Crippen LogP contribution in [0.25, 0.3) is 16.8 Å². The standard InChI is InChI=1S/C30H25BrN2O3/c1-3-35-25-13-11-24(12-14-25)33-30(34)23(18-32)16-21-9-15-29(28(31)17-21)36-19-27-20(2)8-10-22-6-4-5-7-26(22)27/h4-17H,3,19H2,1-2H3,(H,33,34)/b23-16+. The van der Waals surface area contributed by atoms with Crippen molar-refractivity contribution in [3.8, 4) is 17.6 Å². The summed E-state index contributed by atoms with van der Waals surface area (Å²) in [5, 5.41) is 14.7. The number of halogens is 1. The SMILES string of the molecule is CCOc1ccc(NC(=O)/C(C#N)=C/c2ccc(OCc3c(C)ccc4ccccc34)c(Br)c2)cc1. The van der Waals surface area contributed by atoms with Gasteiger partial charge in [0.1, 0.15) is 29.7 Å². The third-order valence-corrected chi connectivity index (χ3v) is 6.32. The number of nitriles is 1. The first-order valence-electron chi connectivity index (χ1n) is 11.5. The van der Waals surface area contributed by atoms with E-state index in [0.717, 1.165) is 10.0 Å². The van der Waals surface area contributed by atoms with Gasteiger partial charge in [-0.15, -0.1) is 0 Å². The summed E-state index contributed by atoms with van der Waals surface area (Å²) < 4.78 is 12.3. The predicted octanol–water partition coefficient (Wildman–Crippen LogP) is 7.43. The lowest BCUT2D eigenvalue weighted by Gasteiger charge is -2.13. The molecule has 0 radical (unpaired) electrons. The molecule has 0 aliphatic heterocycles. The van der Waals surface area contributed by atoms with Gasteiger partial charge in [0.05, 0.1) is 11.1 Å². The number of carbonyl (C=O) groups is 1. The van der Waals surface area contributed by atoms with Crippen molar-refractivity contribution in [1.29, 1.82) is 5.26 Å². The van der Waals surface area contributed by atoms with Gasteiger partial charge in [-0.05, 0) is 94.2 Å². The number of ether oxygens (including phenoxy) is 2. The Hall–Kier alpha value is -4.08. The van der Waals surface area contributed by atoms with E-state index in [4.69, 9.17) is 9.47 Å². The first kappa shape index (κ1) is 25.0. The van der Waals surface area contributed by atoms with Crippen molar-refractivity contribution in [3.63, 3.8) is 0 Å². The molecule has 0 unspecified atom stereocenters. The van der Waals surface area contributed by atoms with Crippen LogP contribution < -0.4 is 14.8 Å². The van der Waals surface area contributed by atoms with Crippen LogP contribution in [-0.4, -0.2) is 12.5 Å². The van der Waals surface area contributed by atoms with Crippen LogP contribution in [0.2, 0.25) is 0 Å². The van der Waals surface area contributed by atoms with E-state index in [-0.39, 0.29) is 5.57 Å². The lowest BCUT2D eigenvalue weighted by molar-refractivity contribution is -0.112. The highest BCUT2D eigenvalue weighted by molar-refractivity contribution is 9.10. The molecule has 36 heavy (non-hydrogen) atoms. The Labute approximate surface area is 219 Å². The second kappa shape index (κ2) is 11.6. The zero-order valence-electron chi connectivity index (χ0n) is 20.0. The molecule has 0 spiro atoms. The van der Waals surface area contributed by atoms with Crippen LogP contribution in [0.1, 0.15) is 23.6 Å². The average Bonchev–Trinajstić information content (AvgIpc) is 2.89. The van der Waals surface area contributed by atoms with E-state index < -0.39 is 5.91 Å². The predicted molar refractivity (Wildman–Crippen MR) is 147 cm³/mol. The number of rotatable bonds is 8. The molecule has 0 saturated heterocycles. The van der Waals surface area contributed by atoms with Crippen molar-refractivity contribution in [3.05, 3.63) is 106 Å². The number of hydrogen-bond donors (Lipinski definition) is 1. The highest BCUT2D eigenvalue weighted by Crippen LogP contribution is 2.30. The van der Waals surface area contributed by atoms with Gasteiger partial charge in [-0.1, -0.05) is 42.5 Å². The lowest BCUT2D eigenvalue weighted by atomic mass is 10.0. The van der Waals surface area contributed by atoms with Gasteiger partial charge in [0.25, 0.3) is 5.91 Å². The summed E-state index contributed by atoms with van der Waals surface area (Å²) in [5.74, 6) is 0.913. The Bertz CT molecular complexity index is 1470. The van der Waals surface area contributed by atoms with E-state index in [1.54, 1.807) is 30.3 Å². The second-order valence-corrected chi connectivity index (χ2v) is 9.00. The third kappa shape index (κ3) is 5.94. The van der Waals surface area contributed by atoms with E-state index in [2.05, 4.69) is 52.4 Å². The number of hydrogen-bond acceptors (Lipinski definition) is 4. The van der Waals surface area contributed by atoms with Gasteiger partial charge < -0.3 is 14.8 Å². The van der Waals surface area contributed by atoms with Crippen molar-refractivity contribution in [2.24, 2.45) is 0 Å². The minimum atomic E-state index is -0.482. The first-order valence-corrected chi connectivity index (χ1v) is 12.3. The molecular weight excluding hydrogens is 516 g/mol. The molecule has 0 aromatic heterocycles. The minimum Gasteiger partial charge on any atom is -0.494 e. The van der Waals surface area contributed by atoms with Crippen LogP contribution in [0.15, 0.2) is 88.9 Å². The van der Waals surface area contributed by atoms with Crippen molar-refractivity contribution in [1.82, 2.24) is 0 Å². The second-order valence-electron chi connectivity index (χ2n) is 8.14. The summed E-state index contributed by atoms with van der Waals surface area (Å²) in [6.07, 6.45) is 1.55. The highest BCUT2D eigenvalue weighted by atomic mass is 79.9. The number of benzene rings is 4. The number of fused-ring (bicyclic) bond motifs is 1. The summed E-state index contributed by atoms with van der Waals surface area (Å²) in [7, 11) is 0. The van der Waals surface area contributed by atoms with E-state index in [1.807, 2.05) is 43.3 Å². The number of nitrogens with one attached hydrogen (secondary N) is 1. The average molecular weight is 541 g/mol. The Kier molecular flexibility index (Phi) is 8.04. The Morgan fingerprint density at radius 1 is 1.03 bits per heavy atom. The molecule has 0 atom stereocenters.